The molecule has 0 fully saturated rings. The molecule has 2 atom stereocenters. The fourth-order valence-corrected chi connectivity index (χ4v) is 2.62. The number of rotatable bonds is 7. The summed E-state index contributed by atoms with van der Waals surface area (Å²) in [4.78, 5) is 0. The van der Waals surface area contributed by atoms with Crippen molar-refractivity contribution in [3.05, 3.63) is 64.7 Å². The first-order chi connectivity index (χ1) is 10.6. The summed E-state index contributed by atoms with van der Waals surface area (Å²) < 4.78 is 5.36. The maximum atomic E-state index is 10.2. The molecular formula is C18H22ClNO2. The highest BCUT2D eigenvalue weighted by atomic mass is 35.5. The summed E-state index contributed by atoms with van der Waals surface area (Å²) >= 11 is 5.95. The fraction of sp³-hybridized carbons (Fsp3) is 0.333. The van der Waals surface area contributed by atoms with E-state index in [1.807, 2.05) is 30.3 Å². The normalized spacial score (nSPS) is 13.6. The lowest BCUT2D eigenvalue weighted by Crippen LogP contribution is -2.32. The van der Waals surface area contributed by atoms with Gasteiger partial charge in [0, 0.05) is 17.6 Å². The van der Waals surface area contributed by atoms with Crippen molar-refractivity contribution in [2.75, 3.05) is 13.7 Å². The SMILES string of the molecule is COc1ccccc1CC(C)NC[C@H](O)c1cccc(Cl)c1. The zero-order valence-corrected chi connectivity index (χ0v) is 13.7. The number of halogens is 1. The van der Waals surface area contributed by atoms with Crippen LogP contribution in [0.15, 0.2) is 48.5 Å². The molecule has 2 rings (SSSR count). The van der Waals surface area contributed by atoms with Crippen LogP contribution in [0.25, 0.3) is 0 Å². The van der Waals surface area contributed by atoms with Crippen LogP contribution in [0, 0.1) is 0 Å². The molecule has 0 radical (unpaired) electrons. The number of ether oxygens (including phenoxy) is 1. The van der Waals surface area contributed by atoms with Gasteiger partial charge in [0.2, 0.25) is 0 Å². The molecule has 1 unspecified atom stereocenters. The zero-order valence-electron chi connectivity index (χ0n) is 12.9. The first-order valence-electron chi connectivity index (χ1n) is 7.39. The summed E-state index contributed by atoms with van der Waals surface area (Å²) in [5.41, 5.74) is 1.98. The number of para-hydroxylation sites is 1. The lowest BCUT2D eigenvalue weighted by Gasteiger charge is -2.18. The standard InChI is InChI=1S/C18H22ClNO2/c1-13(10-15-6-3-4-9-18(15)22-2)20-12-17(21)14-7-5-8-16(19)11-14/h3-9,11,13,17,20-21H,10,12H2,1-2H3/t13?,17-/m0/s1. The molecule has 4 heteroatoms. The summed E-state index contributed by atoms with van der Waals surface area (Å²) in [5.74, 6) is 0.895. The van der Waals surface area contributed by atoms with Crippen molar-refractivity contribution in [3.63, 3.8) is 0 Å². The molecular weight excluding hydrogens is 298 g/mol. The van der Waals surface area contributed by atoms with Gasteiger partial charge in [-0.2, -0.15) is 0 Å². The molecule has 2 aromatic carbocycles. The van der Waals surface area contributed by atoms with E-state index in [4.69, 9.17) is 16.3 Å². The number of hydrogen-bond acceptors (Lipinski definition) is 3. The topological polar surface area (TPSA) is 41.5 Å². The van der Waals surface area contributed by atoms with Gasteiger partial charge in [0.1, 0.15) is 5.75 Å². The maximum absolute atomic E-state index is 10.2. The van der Waals surface area contributed by atoms with Gasteiger partial charge in [-0.1, -0.05) is 41.9 Å². The van der Waals surface area contributed by atoms with Crippen molar-refractivity contribution in [1.29, 1.82) is 0 Å². The van der Waals surface area contributed by atoms with Gasteiger partial charge in [-0.3, -0.25) is 0 Å². The highest BCUT2D eigenvalue weighted by molar-refractivity contribution is 6.30. The second-order valence-electron chi connectivity index (χ2n) is 5.40. The van der Waals surface area contributed by atoms with Crippen LogP contribution in [0.4, 0.5) is 0 Å². The Hall–Kier alpha value is -1.55. The van der Waals surface area contributed by atoms with Gasteiger partial charge in [-0.15, -0.1) is 0 Å². The van der Waals surface area contributed by atoms with Crippen LogP contribution >= 0.6 is 11.6 Å². The quantitative estimate of drug-likeness (QED) is 0.819. The van der Waals surface area contributed by atoms with Crippen molar-refractivity contribution < 1.29 is 9.84 Å². The molecule has 0 saturated heterocycles. The second kappa shape index (κ2) is 8.18. The molecule has 0 saturated carbocycles. The second-order valence-corrected chi connectivity index (χ2v) is 5.83. The highest BCUT2D eigenvalue weighted by Gasteiger charge is 2.11. The summed E-state index contributed by atoms with van der Waals surface area (Å²) in [6, 6.07) is 15.5. The average Bonchev–Trinajstić information content (AvgIpc) is 2.53. The predicted molar refractivity (Wildman–Crippen MR) is 90.6 cm³/mol. The fourth-order valence-electron chi connectivity index (χ4n) is 2.42. The third kappa shape index (κ3) is 4.73. The van der Waals surface area contributed by atoms with Crippen molar-refractivity contribution in [1.82, 2.24) is 5.32 Å². The van der Waals surface area contributed by atoms with E-state index in [9.17, 15) is 5.11 Å². The number of aliphatic hydroxyl groups is 1. The predicted octanol–water partition coefficient (Wildman–Crippen LogP) is 3.60. The van der Waals surface area contributed by atoms with E-state index < -0.39 is 6.10 Å². The van der Waals surface area contributed by atoms with Gasteiger partial charge in [0.25, 0.3) is 0 Å². The minimum atomic E-state index is -0.571. The third-order valence-electron chi connectivity index (χ3n) is 3.61. The van der Waals surface area contributed by atoms with Crippen LogP contribution in [0.2, 0.25) is 5.02 Å². The van der Waals surface area contributed by atoms with Gasteiger partial charge in [0.05, 0.1) is 13.2 Å². The Morgan fingerprint density at radius 3 is 2.68 bits per heavy atom. The lowest BCUT2D eigenvalue weighted by atomic mass is 10.0. The molecule has 0 aromatic heterocycles. The summed E-state index contributed by atoms with van der Waals surface area (Å²) in [6.07, 6.45) is 0.269. The molecule has 0 heterocycles. The minimum Gasteiger partial charge on any atom is -0.496 e. The van der Waals surface area contributed by atoms with Crippen LogP contribution in [0.3, 0.4) is 0 Å². The molecule has 0 spiro atoms. The summed E-state index contributed by atoms with van der Waals surface area (Å²) in [7, 11) is 1.68. The Labute approximate surface area is 136 Å². The molecule has 0 aliphatic carbocycles. The van der Waals surface area contributed by atoms with Crippen molar-refractivity contribution in [3.8, 4) is 5.75 Å². The number of hydrogen-bond donors (Lipinski definition) is 2. The van der Waals surface area contributed by atoms with Crippen molar-refractivity contribution in [2.45, 2.75) is 25.5 Å². The molecule has 22 heavy (non-hydrogen) atoms. The van der Waals surface area contributed by atoms with Crippen LogP contribution in [0.1, 0.15) is 24.2 Å². The van der Waals surface area contributed by atoms with E-state index in [0.29, 0.717) is 11.6 Å². The molecule has 0 aliphatic heterocycles. The van der Waals surface area contributed by atoms with Crippen LogP contribution in [-0.2, 0) is 6.42 Å². The summed E-state index contributed by atoms with van der Waals surface area (Å²) in [5, 5.41) is 14.2. The van der Waals surface area contributed by atoms with Gasteiger partial charge >= 0.3 is 0 Å². The van der Waals surface area contributed by atoms with Crippen LogP contribution in [0.5, 0.6) is 5.75 Å². The molecule has 3 nitrogen and oxygen atoms in total. The van der Waals surface area contributed by atoms with Crippen LogP contribution in [-0.4, -0.2) is 24.8 Å². The average molecular weight is 320 g/mol. The van der Waals surface area contributed by atoms with Crippen molar-refractivity contribution >= 4 is 11.6 Å². The Kier molecular flexibility index (Phi) is 6.25. The van der Waals surface area contributed by atoms with E-state index in [1.165, 1.54) is 0 Å². The van der Waals surface area contributed by atoms with Gasteiger partial charge in [-0.05, 0) is 42.7 Å². The van der Waals surface area contributed by atoms with Gasteiger partial charge in [0.15, 0.2) is 0 Å². The first-order valence-corrected chi connectivity index (χ1v) is 7.76. The number of aliphatic hydroxyl groups excluding tert-OH is 1. The third-order valence-corrected chi connectivity index (χ3v) is 3.85. The Bertz CT molecular complexity index is 603. The molecule has 2 N–H and O–H groups in total. The molecule has 0 amide bonds. The van der Waals surface area contributed by atoms with E-state index in [0.717, 1.165) is 23.3 Å². The monoisotopic (exact) mass is 319 g/mol. The van der Waals surface area contributed by atoms with E-state index in [-0.39, 0.29) is 6.04 Å². The van der Waals surface area contributed by atoms with E-state index in [2.05, 4.69) is 18.3 Å². The Balaban J connectivity index is 1.88. The lowest BCUT2D eigenvalue weighted by molar-refractivity contribution is 0.170. The highest BCUT2D eigenvalue weighted by Crippen LogP contribution is 2.20. The van der Waals surface area contributed by atoms with E-state index in [1.54, 1.807) is 19.2 Å². The number of nitrogens with one attached hydrogen (secondary N) is 1. The smallest absolute Gasteiger partial charge is 0.122 e. The number of benzene rings is 2. The Morgan fingerprint density at radius 2 is 1.95 bits per heavy atom. The first kappa shape index (κ1) is 16.8. The molecule has 118 valence electrons. The summed E-state index contributed by atoms with van der Waals surface area (Å²) in [6.45, 7) is 2.58. The van der Waals surface area contributed by atoms with E-state index >= 15 is 0 Å². The molecule has 0 bridgehead atoms. The van der Waals surface area contributed by atoms with Gasteiger partial charge in [-0.25, -0.2) is 0 Å². The van der Waals surface area contributed by atoms with Crippen LogP contribution < -0.4 is 10.1 Å². The van der Waals surface area contributed by atoms with Gasteiger partial charge < -0.3 is 15.2 Å². The molecule has 2 aromatic rings. The number of methoxy groups -OCH3 is 1. The molecule has 0 aliphatic rings. The maximum Gasteiger partial charge on any atom is 0.122 e. The minimum absolute atomic E-state index is 0.227. The zero-order chi connectivity index (χ0) is 15.9. The van der Waals surface area contributed by atoms with Crippen molar-refractivity contribution in [2.24, 2.45) is 0 Å². The Morgan fingerprint density at radius 1 is 1.18 bits per heavy atom. The largest absolute Gasteiger partial charge is 0.496 e.